The van der Waals surface area contributed by atoms with Gasteiger partial charge in [0.1, 0.15) is 6.54 Å². The van der Waals surface area contributed by atoms with E-state index in [0.717, 1.165) is 12.0 Å². The topological polar surface area (TPSA) is 64.0 Å². The normalized spacial score (nSPS) is 13.4. The molecule has 0 saturated heterocycles. The molecule has 2 atom stereocenters. The van der Waals surface area contributed by atoms with Gasteiger partial charge in [-0.25, -0.2) is 0 Å². The lowest BCUT2D eigenvalue weighted by atomic mass is 9.92. The number of fused-ring (bicyclic) bond motifs is 1. The minimum absolute atomic E-state index is 0.0645. The molecule has 3 rings (SSSR count). The first kappa shape index (κ1) is 20.8. The van der Waals surface area contributed by atoms with Crippen molar-refractivity contribution in [3.63, 3.8) is 0 Å². The van der Waals surface area contributed by atoms with E-state index in [1.807, 2.05) is 18.2 Å². The Kier molecular flexibility index (Phi) is 6.47. The number of para-hydroxylation sites is 1. The van der Waals surface area contributed by atoms with Crippen LogP contribution in [-0.4, -0.2) is 15.7 Å². The average molecular weight is 392 g/mol. The van der Waals surface area contributed by atoms with Gasteiger partial charge in [0.25, 0.3) is 0 Å². The SMILES string of the molecule is CCC(C)c1ccc(C(NC(=O)Cn2ncc(=O)c3ccccc32)C(C)C)cc1. The van der Waals surface area contributed by atoms with E-state index in [9.17, 15) is 9.59 Å². The number of aromatic nitrogens is 2. The van der Waals surface area contributed by atoms with Crippen LogP contribution < -0.4 is 10.7 Å². The van der Waals surface area contributed by atoms with E-state index >= 15 is 0 Å². The van der Waals surface area contributed by atoms with Crippen LogP contribution in [0.2, 0.25) is 0 Å². The molecule has 0 aliphatic carbocycles. The Morgan fingerprint density at radius 2 is 1.69 bits per heavy atom. The molecule has 1 N–H and O–H groups in total. The van der Waals surface area contributed by atoms with Gasteiger partial charge in [-0.3, -0.25) is 14.3 Å². The Balaban J connectivity index is 1.79. The highest BCUT2D eigenvalue weighted by Crippen LogP contribution is 2.25. The van der Waals surface area contributed by atoms with Gasteiger partial charge in [-0.2, -0.15) is 5.10 Å². The van der Waals surface area contributed by atoms with Gasteiger partial charge >= 0.3 is 0 Å². The summed E-state index contributed by atoms with van der Waals surface area (Å²) in [5.41, 5.74) is 2.93. The van der Waals surface area contributed by atoms with Crippen molar-refractivity contribution in [1.82, 2.24) is 15.1 Å². The summed E-state index contributed by atoms with van der Waals surface area (Å²) in [6.07, 6.45) is 2.37. The van der Waals surface area contributed by atoms with Crippen molar-refractivity contribution in [2.45, 2.75) is 52.6 Å². The van der Waals surface area contributed by atoms with E-state index in [4.69, 9.17) is 0 Å². The third kappa shape index (κ3) is 4.73. The zero-order valence-electron chi connectivity index (χ0n) is 17.6. The van der Waals surface area contributed by atoms with Crippen LogP contribution in [0.15, 0.2) is 59.5 Å². The fourth-order valence-corrected chi connectivity index (χ4v) is 3.54. The van der Waals surface area contributed by atoms with E-state index in [1.165, 1.54) is 11.8 Å². The maximum Gasteiger partial charge on any atom is 0.242 e. The monoisotopic (exact) mass is 391 g/mol. The summed E-state index contributed by atoms with van der Waals surface area (Å²) in [6.45, 7) is 8.67. The van der Waals surface area contributed by atoms with Crippen LogP contribution in [0.1, 0.15) is 57.2 Å². The first-order valence-corrected chi connectivity index (χ1v) is 10.2. The molecule has 3 aromatic rings. The van der Waals surface area contributed by atoms with Crippen LogP contribution in [0.5, 0.6) is 0 Å². The Morgan fingerprint density at radius 3 is 2.34 bits per heavy atom. The lowest BCUT2D eigenvalue weighted by molar-refractivity contribution is -0.122. The second-order valence-electron chi connectivity index (χ2n) is 7.95. The van der Waals surface area contributed by atoms with Crippen LogP contribution in [-0.2, 0) is 11.3 Å². The Morgan fingerprint density at radius 1 is 1.03 bits per heavy atom. The molecule has 1 aromatic heterocycles. The molecule has 0 radical (unpaired) electrons. The Labute approximate surface area is 171 Å². The standard InChI is InChI=1S/C24H29N3O2/c1-5-17(4)18-10-12-19(13-11-18)24(16(2)3)26-23(29)15-27-21-9-7-6-8-20(21)22(28)14-25-27/h6-14,16-17,24H,5,15H2,1-4H3,(H,26,29). The molecule has 152 valence electrons. The van der Waals surface area contributed by atoms with E-state index < -0.39 is 0 Å². The molecular formula is C24H29N3O2. The molecule has 29 heavy (non-hydrogen) atoms. The minimum Gasteiger partial charge on any atom is -0.347 e. The number of carbonyl (C=O) groups excluding carboxylic acids is 1. The molecular weight excluding hydrogens is 362 g/mol. The highest BCUT2D eigenvalue weighted by Gasteiger charge is 2.19. The first-order valence-electron chi connectivity index (χ1n) is 10.2. The summed E-state index contributed by atoms with van der Waals surface area (Å²) in [6, 6.07) is 15.7. The van der Waals surface area contributed by atoms with Crippen LogP contribution in [0, 0.1) is 5.92 Å². The molecule has 1 amide bonds. The van der Waals surface area contributed by atoms with Crippen molar-refractivity contribution < 1.29 is 4.79 Å². The summed E-state index contributed by atoms with van der Waals surface area (Å²) in [5, 5.41) is 7.87. The summed E-state index contributed by atoms with van der Waals surface area (Å²) in [5.74, 6) is 0.638. The van der Waals surface area contributed by atoms with Gasteiger partial charge in [-0.15, -0.1) is 0 Å². The molecule has 5 nitrogen and oxygen atoms in total. The second kappa shape index (κ2) is 9.03. The maximum absolute atomic E-state index is 12.8. The van der Waals surface area contributed by atoms with Gasteiger partial charge < -0.3 is 5.32 Å². The van der Waals surface area contributed by atoms with Crippen LogP contribution in [0.25, 0.3) is 10.9 Å². The molecule has 5 heteroatoms. The summed E-state index contributed by atoms with van der Waals surface area (Å²) < 4.78 is 1.58. The summed E-state index contributed by atoms with van der Waals surface area (Å²) in [7, 11) is 0. The van der Waals surface area contributed by atoms with Crippen molar-refractivity contribution in [3.05, 3.63) is 76.1 Å². The van der Waals surface area contributed by atoms with Gasteiger partial charge in [-0.05, 0) is 41.5 Å². The predicted molar refractivity (Wildman–Crippen MR) is 117 cm³/mol. The van der Waals surface area contributed by atoms with E-state index in [1.54, 1.807) is 10.7 Å². The van der Waals surface area contributed by atoms with Gasteiger partial charge in [0.15, 0.2) is 0 Å². The zero-order valence-corrected chi connectivity index (χ0v) is 17.6. The first-order chi connectivity index (χ1) is 13.9. The number of benzene rings is 2. The second-order valence-corrected chi connectivity index (χ2v) is 7.95. The lowest BCUT2D eigenvalue weighted by Gasteiger charge is -2.24. The van der Waals surface area contributed by atoms with E-state index in [0.29, 0.717) is 16.8 Å². The quantitative estimate of drug-likeness (QED) is 0.648. The number of rotatable bonds is 7. The largest absolute Gasteiger partial charge is 0.347 e. The molecule has 2 aromatic carbocycles. The number of nitrogens with one attached hydrogen (secondary N) is 1. The Hall–Kier alpha value is -2.95. The molecule has 0 bridgehead atoms. The van der Waals surface area contributed by atoms with Crippen LogP contribution in [0.3, 0.4) is 0 Å². The van der Waals surface area contributed by atoms with Crippen molar-refractivity contribution in [3.8, 4) is 0 Å². The Bertz CT molecular complexity index is 1040. The van der Waals surface area contributed by atoms with Crippen molar-refractivity contribution in [2.24, 2.45) is 5.92 Å². The zero-order chi connectivity index (χ0) is 21.0. The van der Waals surface area contributed by atoms with Crippen LogP contribution in [0.4, 0.5) is 0 Å². The molecule has 0 fully saturated rings. The minimum atomic E-state index is -0.140. The third-order valence-electron chi connectivity index (χ3n) is 5.52. The van der Waals surface area contributed by atoms with Crippen molar-refractivity contribution >= 4 is 16.8 Å². The van der Waals surface area contributed by atoms with Gasteiger partial charge in [0, 0.05) is 5.39 Å². The smallest absolute Gasteiger partial charge is 0.242 e. The number of hydrogen-bond acceptors (Lipinski definition) is 3. The predicted octanol–water partition coefficient (Wildman–Crippen LogP) is 4.42. The van der Waals surface area contributed by atoms with E-state index in [-0.39, 0.29) is 29.8 Å². The highest BCUT2D eigenvalue weighted by atomic mass is 16.2. The number of hydrogen-bond donors (Lipinski definition) is 1. The highest BCUT2D eigenvalue weighted by molar-refractivity contribution is 5.81. The van der Waals surface area contributed by atoms with E-state index in [2.05, 4.69) is 62.4 Å². The summed E-state index contributed by atoms with van der Waals surface area (Å²) >= 11 is 0. The number of amides is 1. The number of nitrogens with zero attached hydrogens (tertiary/aromatic N) is 2. The molecule has 0 aliphatic heterocycles. The van der Waals surface area contributed by atoms with Gasteiger partial charge in [0.05, 0.1) is 17.8 Å². The molecule has 0 saturated carbocycles. The molecule has 1 heterocycles. The average Bonchev–Trinajstić information content (AvgIpc) is 2.73. The molecule has 0 aliphatic rings. The fraction of sp³-hybridized carbons (Fsp3) is 0.375. The number of carbonyl (C=O) groups is 1. The lowest BCUT2D eigenvalue weighted by Crippen LogP contribution is -2.35. The fourth-order valence-electron chi connectivity index (χ4n) is 3.54. The van der Waals surface area contributed by atoms with Gasteiger partial charge in [0.2, 0.25) is 11.3 Å². The maximum atomic E-state index is 12.8. The summed E-state index contributed by atoms with van der Waals surface area (Å²) in [4.78, 5) is 24.8. The van der Waals surface area contributed by atoms with Gasteiger partial charge in [-0.1, -0.05) is 64.1 Å². The molecule has 0 spiro atoms. The molecule has 2 unspecified atom stereocenters. The van der Waals surface area contributed by atoms with Crippen molar-refractivity contribution in [2.75, 3.05) is 0 Å². The van der Waals surface area contributed by atoms with Crippen LogP contribution >= 0.6 is 0 Å². The third-order valence-corrected chi connectivity index (χ3v) is 5.52. The van der Waals surface area contributed by atoms with Crippen molar-refractivity contribution in [1.29, 1.82) is 0 Å².